The second-order valence-electron chi connectivity index (χ2n) is 4.78. The Hall–Kier alpha value is -0.480. The highest BCUT2D eigenvalue weighted by Crippen LogP contribution is 2.34. The quantitative estimate of drug-likeness (QED) is 0.860. The van der Waals surface area contributed by atoms with Crippen molar-refractivity contribution in [2.75, 3.05) is 11.1 Å². The molecule has 18 heavy (non-hydrogen) atoms. The van der Waals surface area contributed by atoms with E-state index in [0.29, 0.717) is 0 Å². The zero-order valence-corrected chi connectivity index (χ0v) is 13.5. The molecule has 0 spiro atoms. The first kappa shape index (κ1) is 13.9. The minimum atomic E-state index is 0.147. The minimum Gasteiger partial charge on any atom is -0.335 e. The predicted octanol–water partition coefficient (Wildman–Crippen LogP) is 4.83. The van der Waals surface area contributed by atoms with Crippen LogP contribution < -0.4 is 5.32 Å². The van der Waals surface area contributed by atoms with Crippen molar-refractivity contribution in [2.24, 2.45) is 4.99 Å². The molecule has 98 valence electrons. The molecular formula is C14H19BrN2S. The second kappa shape index (κ2) is 5.66. The van der Waals surface area contributed by atoms with Crippen LogP contribution in [0.3, 0.4) is 0 Å². The maximum Gasteiger partial charge on any atom is 0.161 e. The summed E-state index contributed by atoms with van der Waals surface area (Å²) in [5, 5.41) is 4.48. The molecule has 2 nitrogen and oxygen atoms in total. The highest BCUT2D eigenvalue weighted by Gasteiger charge is 2.32. The fourth-order valence-electron chi connectivity index (χ4n) is 2.09. The maximum atomic E-state index is 4.86. The van der Waals surface area contributed by atoms with Crippen LogP contribution in [0.5, 0.6) is 0 Å². The highest BCUT2D eigenvalue weighted by atomic mass is 79.9. The molecule has 0 fully saturated rings. The van der Waals surface area contributed by atoms with Crippen LogP contribution in [0.1, 0.15) is 32.3 Å². The van der Waals surface area contributed by atoms with Gasteiger partial charge >= 0.3 is 0 Å². The molecule has 2 rings (SSSR count). The van der Waals surface area contributed by atoms with Crippen molar-refractivity contribution >= 4 is 38.5 Å². The zero-order valence-electron chi connectivity index (χ0n) is 11.1. The number of amidine groups is 1. The van der Waals surface area contributed by atoms with E-state index in [9.17, 15) is 0 Å². The van der Waals surface area contributed by atoms with Gasteiger partial charge in [0, 0.05) is 15.9 Å². The summed E-state index contributed by atoms with van der Waals surface area (Å²) in [6.45, 7) is 6.54. The Kier molecular flexibility index (Phi) is 4.38. The molecule has 1 aromatic rings. The van der Waals surface area contributed by atoms with Gasteiger partial charge in [0.05, 0.1) is 5.54 Å². The van der Waals surface area contributed by atoms with Crippen LogP contribution in [0.25, 0.3) is 0 Å². The van der Waals surface area contributed by atoms with Crippen LogP contribution in [0.4, 0.5) is 5.69 Å². The molecular weight excluding hydrogens is 308 g/mol. The molecule has 0 amide bonds. The van der Waals surface area contributed by atoms with Crippen LogP contribution >= 0.6 is 27.7 Å². The van der Waals surface area contributed by atoms with Gasteiger partial charge in [-0.25, -0.2) is 0 Å². The average molecular weight is 327 g/mol. The van der Waals surface area contributed by atoms with Gasteiger partial charge < -0.3 is 5.32 Å². The normalized spacial score (nSPS) is 17.7. The Morgan fingerprint density at radius 2 is 2.06 bits per heavy atom. The number of hydrogen-bond acceptors (Lipinski definition) is 3. The van der Waals surface area contributed by atoms with E-state index in [2.05, 4.69) is 60.2 Å². The number of thioether (sulfide) groups is 1. The van der Waals surface area contributed by atoms with Crippen LogP contribution in [0, 0.1) is 6.92 Å². The molecule has 1 N–H and O–H groups in total. The van der Waals surface area contributed by atoms with Crippen LogP contribution in [0.15, 0.2) is 27.7 Å². The van der Waals surface area contributed by atoms with E-state index in [-0.39, 0.29) is 5.54 Å². The highest BCUT2D eigenvalue weighted by molar-refractivity contribution is 9.10. The molecule has 0 saturated carbocycles. The van der Waals surface area contributed by atoms with Gasteiger partial charge in [-0.3, -0.25) is 4.99 Å². The van der Waals surface area contributed by atoms with Gasteiger partial charge in [-0.15, -0.1) is 0 Å². The Labute approximate surface area is 122 Å². The van der Waals surface area contributed by atoms with E-state index < -0.39 is 0 Å². The van der Waals surface area contributed by atoms with Crippen molar-refractivity contribution in [3.05, 3.63) is 28.2 Å². The number of anilines is 1. The van der Waals surface area contributed by atoms with Gasteiger partial charge in [0.15, 0.2) is 5.17 Å². The number of benzene rings is 1. The van der Waals surface area contributed by atoms with Crippen LogP contribution in [-0.4, -0.2) is 16.5 Å². The van der Waals surface area contributed by atoms with Crippen molar-refractivity contribution < 1.29 is 0 Å². The standard InChI is InChI=1S/C14H19BrN2S/c1-4-14(5-2)9-18-13(17-14)16-12-7-10(3)6-11(15)8-12/h6-8H,4-5,9H2,1-3H3,(H,16,17). The summed E-state index contributed by atoms with van der Waals surface area (Å²) in [4.78, 5) is 4.86. The van der Waals surface area contributed by atoms with E-state index in [1.807, 2.05) is 11.8 Å². The number of aliphatic imine (C=N–C) groups is 1. The molecule has 4 heteroatoms. The van der Waals surface area contributed by atoms with Gasteiger partial charge in [0.2, 0.25) is 0 Å². The minimum absolute atomic E-state index is 0.147. The summed E-state index contributed by atoms with van der Waals surface area (Å²) < 4.78 is 1.10. The van der Waals surface area contributed by atoms with Gasteiger partial charge in [0.25, 0.3) is 0 Å². The van der Waals surface area contributed by atoms with Gasteiger partial charge in [0.1, 0.15) is 0 Å². The summed E-state index contributed by atoms with van der Waals surface area (Å²) >= 11 is 5.35. The molecule has 0 aliphatic carbocycles. The first-order chi connectivity index (χ1) is 8.57. The topological polar surface area (TPSA) is 24.4 Å². The lowest BCUT2D eigenvalue weighted by Crippen LogP contribution is -2.24. The lowest BCUT2D eigenvalue weighted by molar-refractivity contribution is 0.456. The molecule has 1 heterocycles. The molecule has 0 radical (unpaired) electrons. The fraction of sp³-hybridized carbons (Fsp3) is 0.500. The van der Waals surface area contributed by atoms with Crippen molar-refractivity contribution in [1.29, 1.82) is 0 Å². The van der Waals surface area contributed by atoms with Crippen molar-refractivity contribution in [3.8, 4) is 0 Å². The summed E-state index contributed by atoms with van der Waals surface area (Å²) in [6, 6.07) is 6.34. The lowest BCUT2D eigenvalue weighted by atomic mass is 9.97. The SMILES string of the molecule is CCC1(CC)CSC(Nc2cc(C)cc(Br)c2)=N1. The Morgan fingerprint density at radius 3 is 2.61 bits per heavy atom. The molecule has 0 saturated heterocycles. The molecule has 0 bridgehead atoms. The molecule has 0 atom stereocenters. The maximum absolute atomic E-state index is 4.86. The van der Waals surface area contributed by atoms with E-state index in [4.69, 9.17) is 4.99 Å². The zero-order chi connectivity index (χ0) is 13.2. The van der Waals surface area contributed by atoms with Gasteiger partial charge in [-0.1, -0.05) is 41.5 Å². The van der Waals surface area contributed by atoms with E-state index in [1.165, 1.54) is 5.56 Å². The third kappa shape index (κ3) is 3.09. The smallest absolute Gasteiger partial charge is 0.161 e. The lowest BCUT2D eigenvalue weighted by Gasteiger charge is -2.20. The molecule has 0 aromatic heterocycles. The molecule has 1 aliphatic heterocycles. The first-order valence-corrected chi connectivity index (χ1v) is 8.11. The molecule has 1 aromatic carbocycles. The number of halogens is 1. The van der Waals surface area contributed by atoms with Crippen LogP contribution in [-0.2, 0) is 0 Å². The predicted molar refractivity (Wildman–Crippen MR) is 85.7 cm³/mol. The van der Waals surface area contributed by atoms with E-state index in [1.54, 1.807) is 0 Å². The van der Waals surface area contributed by atoms with Crippen molar-refractivity contribution in [1.82, 2.24) is 0 Å². The third-order valence-electron chi connectivity index (χ3n) is 3.43. The summed E-state index contributed by atoms with van der Waals surface area (Å²) in [5.41, 5.74) is 2.50. The largest absolute Gasteiger partial charge is 0.335 e. The first-order valence-electron chi connectivity index (χ1n) is 6.34. The fourth-order valence-corrected chi connectivity index (χ4v) is 4.03. The number of aryl methyl sites for hydroxylation is 1. The monoisotopic (exact) mass is 326 g/mol. The molecule has 0 unspecified atom stereocenters. The summed E-state index contributed by atoms with van der Waals surface area (Å²) in [5.74, 6) is 1.09. The third-order valence-corrected chi connectivity index (χ3v) is 5.03. The summed E-state index contributed by atoms with van der Waals surface area (Å²) in [7, 11) is 0. The Morgan fingerprint density at radius 1 is 1.33 bits per heavy atom. The number of nitrogens with one attached hydrogen (secondary N) is 1. The summed E-state index contributed by atoms with van der Waals surface area (Å²) in [6.07, 6.45) is 2.22. The van der Waals surface area contributed by atoms with E-state index >= 15 is 0 Å². The van der Waals surface area contributed by atoms with Gasteiger partial charge in [-0.05, 0) is 43.5 Å². The number of rotatable bonds is 3. The number of hydrogen-bond donors (Lipinski definition) is 1. The Bertz CT molecular complexity index is 447. The van der Waals surface area contributed by atoms with Crippen molar-refractivity contribution in [3.63, 3.8) is 0 Å². The van der Waals surface area contributed by atoms with E-state index in [0.717, 1.165) is 33.9 Å². The Balaban J connectivity index is 2.15. The molecule has 1 aliphatic rings. The number of nitrogens with zero attached hydrogens (tertiary/aromatic N) is 1. The van der Waals surface area contributed by atoms with Gasteiger partial charge in [-0.2, -0.15) is 0 Å². The average Bonchev–Trinajstić information content (AvgIpc) is 2.72. The second-order valence-corrected chi connectivity index (χ2v) is 6.66. The van der Waals surface area contributed by atoms with Crippen molar-refractivity contribution in [2.45, 2.75) is 39.2 Å². The van der Waals surface area contributed by atoms with Crippen LogP contribution in [0.2, 0.25) is 0 Å².